The average Bonchev–Trinajstić information content (AvgIpc) is 1.98. The first-order chi connectivity index (χ1) is 5.24. The second-order valence-electron chi connectivity index (χ2n) is 2.21. The maximum absolute atomic E-state index is 8.37. The Morgan fingerprint density at radius 3 is 3.00 bits per heavy atom. The topological polar surface area (TPSA) is 23.8 Å². The van der Waals surface area contributed by atoms with E-state index in [9.17, 15) is 0 Å². The zero-order valence-electron chi connectivity index (χ0n) is 6.89. The lowest BCUT2D eigenvalue weighted by atomic mass is 10.1. The van der Waals surface area contributed by atoms with Gasteiger partial charge in [0.15, 0.2) is 0 Å². The second-order valence-corrected chi connectivity index (χ2v) is 2.21. The van der Waals surface area contributed by atoms with Crippen molar-refractivity contribution in [1.82, 2.24) is 0 Å². The highest BCUT2D eigenvalue weighted by Crippen LogP contribution is 2.02. The highest BCUT2D eigenvalue weighted by molar-refractivity contribution is 5.23. The van der Waals surface area contributed by atoms with Crippen molar-refractivity contribution < 1.29 is 1.37 Å². The molecular formula is C9H9N. The van der Waals surface area contributed by atoms with Crippen molar-refractivity contribution in [2.75, 3.05) is 0 Å². The molecule has 0 bridgehead atoms. The van der Waals surface area contributed by atoms with Gasteiger partial charge in [-0.25, -0.2) is 0 Å². The Hall–Kier alpha value is -1.29. The molecule has 0 unspecified atom stereocenters. The van der Waals surface area contributed by atoms with Crippen LogP contribution >= 0.6 is 0 Å². The molecule has 0 atom stereocenters. The number of nitrogens with zero attached hydrogens (tertiary/aromatic N) is 1. The Morgan fingerprint density at radius 1 is 1.60 bits per heavy atom. The third-order valence-electron chi connectivity index (χ3n) is 1.32. The minimum Gasteiger partial charge on any atom is -0.198 e. The summed E-state index contributed by atoms with van der Waals surface area (Å²) in [4.78, 5) is 0. The van der Waals surface area contributed by atoms with Crippen LogP contribution in [0.3, 0.4) is 0 Å². The molecule has 0 amide bonds. The van der Waals surface area contributed by atoms with Crippen molar-refractivity contribution in [1.29, 1.82) is 5.26 Å². The average molecular weight is 132 g/mol. The summed E-state index contributed by atoms with van der Waals surface area (Å²) >= 11 is 0. The van der Waals surface area contributed by atoms with Gasteiger partial charge in [-0.3, -0.25) is 0 Å². The molecule has 0 aliphatic heterocycles. The number of benzene rings is 1. The summed E-state index contributed by atoms with van der Waals surface area (Å²) in [5.41, 5.74) is 1.87. The Morgan fingerprint density at radius 2 is 2.40 bits per heavy atom. The van der Waals surface area contributed by atoms with Gasteiger partial charge < -0.3 is 0 Å². The molecule has 0 aromatic heterocycles. The van der Waals surface area contributed by atoms with E-state index in [1.165, 1.54) is 0 Å². The van der Waals surface area contributed by atoms with E-state index in [4.69, 9.17) is 6.63 Å². The maximum atomic E-state index is 8.37. The highest BCUT2D eigenvalue weighted by atomic mass is 14.2. The van der Waals surface area contributed by atoms with E-state index in [2.05, 4.69) is 0 Å². The number of rotatable bonds is 1. The van der Waals surface area contributed by atoms with E-state index in [1.807, 2.05) is 25.1 Å². The van der Waals surface area contributed by atoms with Gasteiger partial charge >= 0.3 is 0 Å². The minimum absolute atomic E-state index is 0.395. The second kappa shape index (κ2) is 3.03. The van der Waals surface area contributed by atoms with Crippen LogP contribution in [0.4, 0.5) is 0 Å². The predicted molar refractivity (Wildman–Crippen MR) is 40.5 cm³/mol. The van der Waals surface area contributed by atoms with Gasteiger partial charge in [-0.2, -0.15) is 5.26 Å². The van der Waals surface area contributed by atoms with Gasteiger partial charge in [-0.1, -0.05) is 29.8 Å². The molecule has 0 radical (unpaired) electrons. The lowest BCUT2D eigenvalue weighted by Crippen LogP contribution is -1.79. The third kappa shape index (κ3) is 1.60. The van der Waals surface area contributed by atoms with Gasteiger partial charge in [-0.05, 0) is 12.5 Å². The smallest absolute Gasteiger partial charge is 0.0669 e. The summed E-state index contributed by atoms with van der Waals surface area (Å²) in [6.07, 6.45) is 0.395. The van der Waals surface area contributed by atoms with Crippen molar-refractivity contribution in [2.45, 2.75) is 13.3 Å². The van der Waals surface area contributed by atoms with E-state index in [-0.39, 0.29) is 0 Å². The first-order valence-corrected chi connectivity index (χ1v) is 3.17. The van der Waals surface area contributed by atoms with Crippen LogP contribution in [0.5, 0.6) is 0 Å². The van der Waals surface area contributed by atoms with Crippen molar-refractivity contribution in [3.63, 3.8) is 0 Å². The van der Waals surface area contributed by atoms with Crippen molar-refractivity contribution in [2.24, 2.45) is 0 Å². The molecule has 10 heavy (non-hydrogen) atoms. The summed E-state index contributed by atoms with van der Waals surface area (Å²) < 4.78 is 7.43. The molecule has 0 fully saturated rings. The Balaban J connectivity index is 2.98. The van der Waals surface area contributed by atoms with Gasteiger partial charge in [0, 0.05) is 0 Å². The lowest BCUT2D eigenvalue weighted by molar-refractivity contribution is 1.25. The number of nitriles is 1. The summed E-state index contributed by atoms with van der Waals surface area (Å²) in [6.45, 7) is 1.89. The molecule has 0 N–H and O–H groups in total. The quantitative estimate of drug-likeness (QED) is 0.573. The molecule has 50 valence electrons. The molecule has 1 rings (SSSR count). The zero-order valence-corrected chi connectivity index (χ0v) is 5.89. The van der Waals surface area contributed by atoms with Gasteiger partial charge in [0.1, 0.15) is 0 Å². The van der Waals surface area contributed by atoms with E-state index < -0.39 is 0 Å². The fourth-order valence-electron chi connectivity index (χ4n) is 0.736. The molecule has 0 saturated carbocycles. The van der Waals surface area contributed by atoms with Gasteiger partial charge in [0.05, 0.1) is 13.9 Å². The molecule has 0 aliphatic carbocycles. The summed E-state index contributed by atoms with van der Waals surface area (Å²) in [5.74, 6) is 0. The molecule has 1 aromatic rings. The summed E-state index contributed by atoms with van der Waals surface area (Å²) in [6, 6.07) is 8.05. The third-order valence-corrected chi connectivity index (χ3v) is 1.32. The van der Waals surface area contributed by atoms with Crippen LogP contribution in [0.15, 0.2) is 24.2 Å². The van der Waals surface area contributed by atoms with Crippen LogP contribution < -0.4 is 0 Å². The Kier molecular flexibility index (Phi) is 1.66. The van der Waals surface area contributed by atoms with E-state index in [1.54, 1.807) is 6.07 Å². The normalized spacial score (nSPS) is 10.2. The van der Waals surface area contributed by atoms with E-state index in [0.717, 1.165) is 11.1 Å². The van der Waals surface area contributed by atoms with Crippen molar-refractivity contribution in [3.05, 3.63) is 35.4 Å². The standard InChI is InChI=1S/C9H9N/c1-8-2-4-9(5-3-8)6-7-10/h2-5H,6H2,1H3/i2D. The minimum atomic E-state index is 0.395. The molecule has 1 nitrogen and oxygen atoms in total. The number of aryl methyl sites for hydroxylation is 1. The first-order valence-electron chi connectivity index (χ1n) is 3.67. The zero-order chi connectivity index (χ0) is 8.27. The van der Waals surface area contributed by atoms with Crippen molar-refractivity contribution in [3.8, 4) is 6.07 Å². The number of hydrogen-bond acceptors (Lipinski definition) is 1. The van der Waals surface area contributed by atoms with Gasteiger partial charge in [0.25, 0.3) is 0 Å². The monoisotopic (exact) mass is 132 g/mol. The van der Waals surface area contributed by atoms with Crippen molar-refractivity contribution >= 4 is 0 Å². The van der Waals surface area contributed by atoms with E-state index >= 15 is 0 Å². The molecule has 1 aromatic carbocycles. The Bertz CT molecular complexity index is 299. The number of hydrogen-bond donors (Lipinski definition) is 0. The molecule has 1 heteroatoms. The van der Waals surface area contributed by atoms with Crippen LogP contribution in [0, 0.1) is 18.3 Å². The van der Waals surface area contributed by atoms with Crippen LogP contribution in [0.1, 0.15) is 12.5 Å². The van der Waals surface area contributed by atoms with Gasteiger partial charge in [0.2, 0.25) is 0 Å². The molecular weight excluding hydrogens is 122 g/mol. The fourth-order valence-corrected chi connectivity index (χ4v) is 0.736. The van der Waals surface area contributed by atoms with Crippen LogP contribution in [-0.2, 0) is 6.42 Å². The molecule has 0 saturated heterocycles. The van der Waals surface area contributed by atoms with E-state index in [0.29, 0.717) is 12.5 Å². The maximum Gasteiger partial charge on any atom is 0.0669 e. The molecule has 0 aliphatic rings. The first kappa shape index (κ1) is 5.49. The fraction of sp³-hybridized carbons (Fsp3) is 0.222. The van der Waals surface area contributed by atoms with Gasteiger partial charge in [-0.15, -0.1) is 0 Å². The highest BCUT2D eigenvalue weighted by Gasteiger charge is 1.88. The SMILES string of the molecule is [2H]c1cc(CC#N)ccc1C. The summed E-state index contributed by atoms with van der Waals surface area (Å²) in [5, 5.41) is 8.37. The molecule has 0 spiro atoms. The Labute approximate surface area is 62.3 Å². The predicted octanol–water partition coefficient (Wildman–Crippen LogP) is 2.06. The van der Waals surface area contributed by atoms with Crippen LogP contribution in [0.2, 0.25) is 0 Å². The molecule has 0 heterocycles. The van der Waals surface area contributed by atoms with Crippen LogP contribution in [-0.4, -0.2) is 0 Å². The summed E-state index contributed by atoms with van der Waals surface area (Å²) in [7, 11) is 0. The lowest BCUT2D eigenvalue weighted by Gasteiger charge is -1.93. The largest absolute Gasteiger partial charge is 0.198 e. The van der Waals surface area contributed by atoms with Crippen LogP contribution in [0.25, 0.3) is 0 Å².